The summed E-state index contributed by atoms with van der Waals surface area (Å²) in [4.78, 5) is 0. The third-order valence-corrected chi connectivity index (χ3v) is 1.50. The summed E-state index contributed by atoms with van der Waals surface area (Å²) in [6.45, 7) is 5.69. The fourth-order valence-corrected chi connectivity index (χ4v) is 0.857. The van der Waals surface area contributed by atoms with Gasteiger partial charge in [0.05, 0.1) is 0 Å². The SMILES string of the molecule is C=CC=Cc1ccc(C)cc1. The fourth-order valence-electron chi connectivity index (χ4n) is 0.857. The Labute approximate surface area is 67.9 Å². The molecule has 0 aliphatic rings. The lowest BCUT2D eigenvalue weighted by molar-refractivity contribution is 1.46. The molecular weight excluding hydrogens is 132 g/mol. The Balaban J connectivity index is 2.81. The van der Waals surface area contributed by atoms with Crippen molar-refractivity contribution in [1.82, 2.24) is 0 Å². The van der Waals surface area contributed by atoms with Crippen LogP contribution < -0.4 is 0 Å². The molecule has 1 rings (SSSR count). The Bertz CT molecular complexity index is 252. The van der Waals surface area contributed by atoms with Crippen LogP contribution >= 0.6 is 0 Å². The number of aryl methyl sites for hydroxylation is 1. The number of allylic oxidation sites excluding steroid dienone is 2. The molecule has 0 amide bonds. The fraction of sp³-hybridized carbons (Fsp3) is 0.0909. The monoisotopic (exact) mass is 144 g/mol. The number of hydrogen-bond acceptors (Lipinski definition) is 0. The van der Waals surface area contributed by atoms with Gasteiger partial charge in [0.2, 0.25) is 0 Å². The summed E-state index contributed by atoms with van der Waals surface area (Å²) in [6, 6.07) is 8.39. The van der Waals surface area contributed by atoms with Crippen LogP contribution in [-0.2, 0) is 0 Å². The van der Waals surface area contributed by atoms with Gasteiger partial charge in [0.1, 0.15) is 0 Å². The van der Waals surface area contributed by atoms with E-state index in [0.717, 1.165) is 0 Å². The second-order valence-corrected chi connectivity index (χ2v) is 2.51. The van der Waals surface area contributed by atoms with Crippen molar-refractivity contribution in [2.24, 2.45) is 0 Å². The molecule has 0 unspecified atom stereocenters. The predicted octanol–water partition coefficient (Wildman–Crippen LogP) is 3.19. The van der Waals surface area contributed by atoms with Crippen molar-refractivity contribution in [3.8, 4) is 0 Å². The summed E-state index contributed by atoms with van der Waals surface area (Å²) in [5, 5.41) is 0. The first-order chi connectivity index (χ1) is 5.33. The second-order valence-electron chi connectivity index (χ2n) is 2.51. The summed E-state index contributed by atoms with van der Waals surface area (Å²) in [6.07, 6.45) is 5.75. The Morgan fingerprint density at radius 1 is 1.18 bits per heavy atom. The number of rotatable bonds is 2. The Hall–Kier alpha value is -1.30. The molecule has 0 spiro atoms. The zero-order chi connectivity index (χ0) is 8.10. The molecule has 0 saturated carbocycles. The van der Waals surface area contributed by atoms with Crippen molar-refractivity contribution in [2.45, 2.75) is 6.92 Å². The molecular formula is C11H12. The van der Waals surface area contributed by atoms with Crippen LogP contribution in [0.5, 0.6) is 0 Å². The maximum Gasteiger partial charge on any atom is -0.0256 e. The lowest BCUT2D eigenvalue weighted by Crippen LogP contribution is -1.72. The second kappa shape index (κ2) is 3.77. The Morgan fingerprint density at radius 3 is 2.36 bits per heavy atom. The third kappa shape index (κ3) is 2.42. The third-order valence-electron chi connectivity index (χ3n) is 1.50. The minimum atomic E-state index is 1.22. The molecule has 0 heterocycles. The first kappa shape index (κ1) is 7.80. The highest BCUT2D eigenvalue weighted by atomic mass is 13.9. The molecule has 1 aromatic carbocycles. The molecule has 0 atom stereocenters. The van der Waals surface area contributed by atoms with Gasteiger partial charge >= 0.3 is 0 Å². The molecule has 11 heavy (non-hydrogen) atoms. The maximum atomic E-state index is 3.61. The van der Waals surface area contributed by atoms with Gasteiger partial charge in [0.25, 0.3) is 0 Å². The Kier molecular flexibility index (Phi) is 2.67. The van der Waals surface area contributed by atoms with Crippen LogP contribution in [0.25, 0.3) is 6.08 Å². The van der Waals surface area contributed by atoms with E-state index in [0.29, 0.717) is 0 Å². The smallest absolute Gasteiger partial charge is 0.0256 e. The normalized spacial score (nSPS) is 10.3. The molecule has 0 aliphatic heterocycles. The lowest BCUT2D eigenvalue weighted by Gasteiger charge is -1.92. The summed E-state index contributed by atoms with van der Waals surface area (Å²) < 4.78 is 0. The van der Waals surface area contributed by atoms with Crippen LogP contribution in [0.1, 0.15) is 11.1 Å². The van der Waals surface area contributed by atoms with Crippen molar-refractivity contribution >= 4 is 6.08 Å². The van der Waals surface area contributed by atoms with E-state index in [1.54, 1.807) is 6.08 Å². The van der Waals surface area contributed by atoms with E-state index in [1.165, 1.54) is 11.1 Å². The standard InChI is InChI=1S/C11H12/c1-3-4-5-11-8-6-10(2)7-9-11/h3-9H,1H2,2H3. The van der Waals surface area contributed by atoms with Crippen LogP contribution in [-0.4, -0.2) is 0 Å². The molecule has 0 nitrogen and oxygen atoms in total. The minimum absolute atomic E-state index is 1.22. The van der Waals surface area contributed by atoms with Gasteiger partial charge in [-0.05, 0) is 12.5 Å². The maximum absolute atomic E-state index is 3.61. The molecule has 56 valence electrons. The summed E-state index contributed by atoms with van der Waals surface area (Å²) in [7, 11) is 0. The summed E-state index contributed by atoms with van der Waals surface area (Å²) >= 11 is 0. The van der Waals surface area contributed by atoms with Gasteiger partial charge in [0, 0.05) is 0 Å². The van der Waals surface area contributed by atoms with E-state index in [1.807, 2.05) is 12.2 Å². The molecule has 0 fully saturated rings. The van der Waals surface area contributed by atoms with Gasteiger partial charge in [-0.25, -0.2) is 0 Å². The summed E-state index contributed by atoms with van der Waals surface area (Å²) in [5.41, 5.74) is 2.51. The van der Waals surface area contributed by atoms with Crippen LogP contribution in [0.3, 0.4) is 0 Å². The molecule has 0 aliphatic carbocycles. The molecule has 0 heteroatoms. The van der Waals surface area contributed by atoms with Crippen molar-refractivity contribution in [3.05, 3.63) is 54.1 Å². The van der Waals surface area contributed by atoms with Gasteiger partial charge in [0.15, 0.2) is 0 Å². The zero-order valence-corrected chi connectivity index (χ0v) is 6.75. The number of hydrogen-bond donors (Lipinski definition) is 0. The van der Waals surface area contributed by atoms with Crippen molar-refractivity contribution in [1.29, 1.82) is 0 Å². The molecule has 0 N–H and O–H groups in total. The molecule has 0 aromatic heterocycles. The van der Waals surface area contributed by atoms with E-state index >= 15 is 0 Å². The highest BCUT2D eigenvalue weighted by Gasteiger charge is 1.83. The van der Waals surface area contributed by atoms with Crippen molar-refractivity contribution < 1.29 is 0 Å². The number of benzene rings is 1. The average Bonchev–Trinajstić information content (AvgIpc) is 2.04. The topological polar surface area (TPSA) is 0 Å². The van der Waals surface area contributed by atoms with E-state index in [9.17, 15) is 0 Å². The average molecular weight is 144 g/mol. The summed E-state index contributed by atoms with van der Waals surface area (Å²) in [5.74, 6) is 0. The lowest BCUT2D eigenvalue weighted by atomic mass is 10.1. The van der Waals surface area contributed by atoms with Crippen LogP contribution in [0.15, 0.2) is 43.0 Å². The Morgan fingerprint density at radius 2 is 1.82 bits per heavy atom. The van der Waals surface area contributed by atoms with Gasteiger partial charge in [-0.1, -0.05) is 54.6 Å². The molecule has 0 saturated heterocycles. The first-order valence-corrected chi connectivity index (χ1v) is 3.68. The van der Waals surface area contributed by atoms with Crippen molar-refractivity contribution in [3.63, 3.8) is 0 Å². The van der Waals surface area contributed by atoms with Crippen LogP contribution in [0.2, 0.25) is 0 Å². The zero-order valence-electron chi connectivity index (χ0n) is 6.75. The van der Waals surface area contributed by atoms with E-state index in [2.05, 4.69) is 37.8 Å². The van der Waals surface area contributed by atoms with Gasteiger partial charge in [-0.15, -0.1) is 0 Å². The van der Waals surface area contributed by atoms with Crippen LogP contribution in [0.4, 0.5) is 0 Å². The first-order valence-electron chi connectivity index (χ1n) is 3.68. The van der Waals surface area contributed by atoms with Crippen molar-refractivity contribution in [2.75, 3.05) is 0 Å². The quantitative estimate of drug-likeness (QED) is 0.559. The predicted molar refractivity (Wildman–Crippen MR) is 50.4 cm³/mol. The highest BCUT2D eigenvalue weighted by Crippen LogP contribution is 2.04. The van der Waals surface area contributed by atoms with E-state index in [4.69, 9.17) is 0 Å². The molecule has 0 bridgehead atoms. The van der Waals surface area contributed by atoms with Crippen LogP contribution in [0, 0.1) is 6.92 Å². The highest BCUT2D eigenvalue weighted by molar-refractivity contribution is 5.51. The van der Waals surface area contributed by atoms with Gasteiger partial charge < -0.3 is 0 Å². The molecule has 0 radical (unpaired) electrons. The van der Waals surface area contributed by atoms with E-state index < -0.39 is 0 Å². The minimum Gasteiger partial charge on any atom is -0.0991 e. The van der Waals surface area contributed by atoms with E-state index in [-0.39, 0.29) is 0 Å². The largest absolute Gasteiger partial charge is 0.0991 e. The van der Waals surface area contributed by atoms with Gasteiger partial charge in [-0.3, -0.25) is 0 Å². The molecule has 1 aromatic rings. The van der Waals surface area contributed by atoms with Gasteiger partial charge in [-0.2, -0.15) is 0 Å².